The van der Waals surface area contributed by atoms with E-state index in [0.29, 0.717) is 12.5 Å². The molecule has 0 aliphatic rings. The SMILES string of the molecule is CC(CCO)CCc1ccccc1.[Ni]. The number of aliphatic hydroxyl groups excluding tert-OH is 1. The van der Waals surface area contributed by atoms with Crippen molar-refractivity contribution in [2.75, 3.05) is 6.61 Å². The van der Waals surface area contributed by atoms with E-state index < -0.39 is 0 Å². The van der Waals surface area contributed by atoms with Gasteiger partial charge in [0, 0.05) is 23.1 Å². The first-order valence-corrected chi connectivity index (χ1v) is 4.97. The number of benzene rings is 1. The molecule has 14 heavy (non-hydrogen) atoms. The Hall–Kier alpha value is -0.326. The summed E-state index contributed by atoms with van der Waals surface area (Å²) in [4.78, 5) is 0. The van der Waals surface area contributed by atoms with Crippen LogP contribution in [0.25, 0.3) is 0 Å². The van der Waals surface area contributed by atoms with E-state index in [1.54, 1.807) is 0 Å². The van der Waals surface area contributed by atoms with Gasteiger partial charge in [-0.1, -0.05) is 37.3 Å². The summed E-state index contributed by atoms with van der Waals surface area (Å²) in [7, 11) is 0. The average Bonchev–Trinajstić information content (AvgIpc) is 2.17. The number of rotatable bonds is 5. The van der Waals surface area contributed by atoms with E-state index >= 15 is 0 Å². The van der Waals surface area contributed by atoms with Gasteiger partial charge in [-0.05, 0) is 30.7 Å². The number of aryl methyl sites for hydroxylation is 1. The van der Waals surface area contributed by atoms with Crippen molar-refractivity contribution in [2.45, 2.75) is 26.2 Å². The third-order valence-electron chi connectivity index (χ3n) is 2.39. The molecule has 0 heterocycles. The van der Waals surface area contributed by atoms with Gasteiger partial charge in [-0.3, -0.25) is 0 Å². The van der Waals surface area contributed by atoms with Crippen LogP contribution in [0.2, 0.25) is 0 Å². The van der Waals surface area contributed by atoms with E-state index in [1.807, 2.05) is 6.07 Å². The second-order valence-corrected chi connectivity index (χ2v) is 3.64. The van der Waals surface area contributed by atoms with Gasteiger partial charge < -0.3 is 5.11 Å². The van der Waals surface area contributed by atoms with Crippen LogP contribution >= 0.6 is 0 Å². The Kier molecular flexibility index (Phi) is 7.83. The van der Waals surface area contributed by atoms with E-state index in [0.717, 1.165) is 12.8 Å². The van der Waals surface area contributed by atoms with Crippen molar-refractivity contribution in [3.63, 3.8) is 0 Å². The van der Waals surface area contributed by atoms with Crippen molar-refractivity contribution >= 4 is 0 Å². The number of hydrogen-bond acceptors (Lipinski definition) is 1. The van der Waals surface area contributed by atoms with Crippen LogP contribution in [0.5, 0.6) is 0 Å². The minimum Gasteiger partial charge on any atom is -0.396 e. The van der Waals surface area contributed by atoms with Crippen LogP contribution in [0.3, 0.4) is 0 Å². The molecule has 82 valence electrons. The molecule has 0 saturated heterocycles. The van der Waals surface area contributed by atoms with Gasteiger partial charge in [-0.25, -0.2) is 0 Å². The molecule has 0 amide bonds. The summed E-state index contributed by atoms with van der Waals surface area (Å²) >= 11 is 0. The fourth-order valence-corrected chi connectivity index (χ4v) is 1.42. The van der Waals surface area contributed by atoms with Gasteiger partial charge in [0.15, 0.2) is 0 Å². The first kappa shape index (κ1) is 13.7. The standard InChI is InChI=1S/C12H18O.Ni/c1-11(9-10-13)7-8-12-5-3-2-4-6-12;/h2-6,11,13H,7-10H2,1H3;. The quantitative estimate of drug-likeness (QED) is 0.780. The van der Waals surface area contributed by atoms with Gasteiger partial charge in [0.25, 0.3) is 0 Å². The predicted octanol–water partition coefficient (Wildman–Crippen LogP) is 2.64. The molecule has 0 aromatic heterocycles. The molecule has 1 rings (SSSR count). The van der Waals surface area contributed by atoms with Crippen molar-refractivity contribution in [1.82, 2.24) is 0 Å². The molecule has 1 nitrogen and oxygen atoms in total. The molecule has 1 unspecified atom stereocenters. The van der Waals surface area contributed by atoms with Crippen LogP contribution in [-0.2, 0) is 22.9 Å². The molecular formula is C12H18NiO. The van der Waals surface area contributed by atoms with Gasteiger partial charge in [0.1, 0.15) is 0 Å². The second-order valence-electron chi connectivity index (χ2n) is 3.64. The van der Waals surface area contributed by atoms with Crippen molar-refractivity contribution in [2.24, 2.45) is 5.92 Å². The molecule has 1 atom stereocenters. The maximum Gasteiger partial charge on any atom is 0.0433 e. The van der Waals surface area contributed by atoms with Crippen LogP contribution in [0.4, 0.5) is 0 Å². The van der Waals surface area contributed by atoms with E-state index in [9.17, 15) is 0 Å². The van der Waals surface area contributed by atoms with Gasteiger partial charge in [0.2, 0.25) is 0 Å². The van der Waals surface area contributed by atoms with Crippen molar-refractivity contribution in [1.29, 1.82) is 0 Å². The molecule has 0 radical (unpaired) electrons. The third-order valence-corrected chi connectivity index (χ3v) is 2.39. The molecule has 0 aliphatic carbocycles. The fraction of sp³-hybridized carbons (Fsp3) is 0.500. The van der Waals surface area contributed by atoms with Crippen LogP contribution in [0.1, 0.15) is 25.3 Å². The Morgan fingerprint density at radius 2 is 1.79 bits per heavy atom. The normalized spacial score (nSPS) is 11.9. The van der Waals surface area contributed by atoms with Crippen molar-refractivity contribution in [3.05, 3.63) is 35.9 Å². The van der Waals surface area contributed by atoms with Gasteiger partial charge in [-0.15, -0.1) is 0 Å². The molecule has 0 bridgehead atoms. The zero-order valence-electron chi connectivity index (χ0n) is 8.56. The molecular weight excluding hydrogens is 219 g/mol. The first-order valence-electron chi connectivity index (χ1n) is 4.97. The summed E-state index contributed by atoms with van der Waals surface area (Å²) in [5.74, 6) is 0.630. The fourth-order valence-electron chi connectivity index (χ4n) is 1.42. The molecule has 2 heteroatoms. The maximum absolute atomic E-state index is 8.73. The Labute approximate surface area is 96.5 Å². The maximum atomic E-state index is 8.73. The summed E-state index contributed by atoms with van der Waals surface area (Å²) in [5.41, 5.74) is 1.40. The van der Waals surface area contributed by atoms with E-state index in [4.69, 9.17) is 5.11 Å². The van der Waals surface area contributed by atoms with Crippen molar-refractivity contribution in [3.8, 4) is 0 Å². The zero-order chi connectivity index (χ0) is 9.52. The number of aliphatic hydroxyl groups is 1. The van der Waals surface area contributed by atoms with E-state index in [2.05, 4.69) is 31.2 Å². The second kappa shape index (κ2) is 8.02. The Morgan fingerprint density at radius 3 is 2.36 bits per heavy atom. The van der Waals surface area contributed by atoms with Gasteiger partial charge in [0.05, 0.1) is 0 Å². The van der Waals surface area contributed by atoms with Crippen LogP contribution in [0, 0.1) is 5.92 Å². The number of hydrogen-bond donors (Lipinski definition) is 1. The predicted molar refractivity (Wildman–Crippen MR) is 55.6 cm³/mol. The van der Waals surface area contributed by atoms with Crippen LogP contribution in [-0.4, -0.2) is 11.7 Å². The largest absolute Gasteiger partial charge is 0.396 e. The first-order chi connectivity index (χ1) is 6.33. The Morgan fingerprint density at radius 1 is 1.14 bits per heavy atom. The minimum absolute atomic E-state index is 0. The van der Waals surface area contributed by atoms with Crippen LogP contribution in [0.15, 0.2) is 30.3 Å². The minimum atomic E-state index is 0. The monoisotopic (exact) mass is 236 g/mol. The summed E-state index contributed by atoms with van der Waals surface area (Å²) < 4.78 is 0. The summed E-state index contributed by atoms with van der Waals surface area (Å²) in [6, 6.07) is 10.5. The molecule has 1 N–H and O–H groups in total. The molecule has 0 aliphatic heterocycles. The smallest absolute Gasteiger partial charge is 0.0433 e. The van der Waals surface area contributed by atoms with Gasteiger partial charge in [-0.2, -0.15) is 0 Å². The van der Waals surface area contributed by atoms with Crippen molar-refractivity contribution < 1.29 is 21.6 Å². The van der Waals surface area contributed by atoms with Crippen LogP contribution < -0.4 is 0 Å². The molecule has 0 saturated carbocycles. The molecule has 1 aromatic rings. The summed E-state index contributed by atoms with van der Waals surface area (Å²) in [5, 5.41) is 8.73. The van der Waals surface area contributed by atoms with E-state index in [-0.39, 0.29) is 16.5 Å². The topological polar surface area (TPSA) is 20.2 Å². The third kappa shape index (κ3) is 5.41. The summed E-state index contributed by atoms with van der Waals surface area (Å²) in [6.07, 6.45) is 3.22. The molecule has 0 fully saturated rings. The molecule has 1 aromatic carbocycles. The van der Waals surface area contributed by atoms with Gasteiger partial charge >= 0.3 is 0 Å². The Balaban J connectivity index is 0.00000169. The average molecular weight is 237 g/mol. The molecule has 0 spiro atoms. The zero-order valence-corrected chi connectivity index (χ0v) is 9.54. The van der Waals surface area contributed by atoms with E-state index in [1.165, 1.54) is 12.0 Å². The Bertz CT molecular complexity index is 223. The summed E-state index contributed by atoms with van der Waals surface area (Å²) in [6.45, 7) is 2.51.